The van der Waals surface area contributed by atoms with Gasteiger partial charge >= 0.3 is 0 Å². The molecule has 7 nitrogen and oxygen atoms in total. The topological polar surface area (TPSA) is 80.5 Å². The normalized spacial score (nSPS) is 20.2. The third-order valence-corrected chi connectivity index (χ3v) is 6.77. The third-order valence-electron chi connectivity index (χ3n) is 6.77. The van der Waals surface area contributed by atoms with Crippen molar-refractivity contribution in [2.45, 2.75) is 51.7 Å². The Morgan fingerprint density at radius 1 is 1.24 bits per heavy atom. The van der Waals surface area contributed by atoms with Gasteiger partial charge in [-0.05, 0) is 68.4 Å². The van der Waals surface area contributed by atoms with Gasteiger partial charge < -0.3 is 9.84 Å². The number of amides is 1. The lowest BCUT2D eigenvalue weighted by Gasteiger charge is -2.35. The van der Waals surface area contributed by atoms with Crippen LogP contribution in [0, 0.1) is 19.7 Å². The quantitative estimate of drug-likeness (QED) is 0.658. The predicted octanol–water partition coefficient (Wildman–Crippen LogP) is 3.53. The van der Waals surface area contributed by atoms with E-state index >= 15 is 4.39 Å². The average Bonchev–Trinajstić information content (AvgIpc) is 3.37. The van der Waals surface area contributed by atoms with Gasteiger partial charge in [0.25, 0.3) is 5.91 Å². The Morgan fingerprint density at radius 3 is 2.70 bits per heavy atom. The molecule has 1 aliphatic heterocycles. The second-order valence-corrected chi connectivity index (χ2v) is 9.00. The summed E-state index contributed by atoms with van der Waals surface area (Å²) >= 11 is 0. The van der Waals surface area contributed by atoms with Crippen LogP contribution in [0.4, 0.5) is 4.39 Å². The van der Waals surface area contributed by atoms with E-state index in [4.69, 9.17) is 4.74 Å². The molecule has 1 aliphatic carbocycles. The highest BCUT2D eigenvalue weighted by molar-refractivity contribution is 5.98. The average molecular weight is 451 g/mol. The Morgan fingerprint density at radius 2 is 2.06 bits per heavy atom. The minimum atomic E-state index is -0.568. The number of fused-ring (bicyclic) bond motifs is 1. The Kier molecular flexibility index (Phi) is 5.40. The second kappa shape index (κ2) is 8.26. The van der Waals surface area contributed by atoms with Gasteiger partial charge in [0.2, 0.25) is 0 Å². The number of benzene rings is 1. The van der Waals surface area contributed by atoms with E-state index in [0.717, 1.165) is 35.4 Å². The first-order valence-corrected chi connectivity index (χ1v) is 11.2. The van der Waals surface area contributed by atoms with Crippen LogP contribution >= 0.6 is 0 Å². The first-order chi connectivity index (χ1) is 15.8. The first-order valence-electron chi connectivity index (χ1n) is 11.2. The summed E-state index contributed by atoms with van der Waals surface area (Å²) in [7, 11) is 1.87. The number of hydrogen-bond acceptors (Lipinski definition) is 5. The Bertz CT molecular complexity index is 1220. The largest absolute Gasteiger partial charge is 0.469 e. The number of aliphatic hydroxyl groups is 1. The van der Waals surface area contributed by atoms with Crippen molar-refractivity contribution in [2.24, 2.45) is 7.05 Å². The van der Waals surface area contributed by atoms with Gasteiger partial charge in [0.15, 0.2) is 18.3 Å². The highest BCUT2D eigenvalue weighted by Gasteiger charge is 2.39. The van der Waals surface area contributed by atoms with Crippen LogP contribution in [0.15, 0.2) is 30.6 Å². The summed E-state index contributed by atoms with van der Waals surface area (Å²) in [5.74, 6) is -0.786. The molecule has 2 aromatic heterocycles. The van der Waals surface area contributed by atoms with Gasteiger partial charge in [0, 0.05) is 25.0 Å². The number of carbonyl (C=O) groups is 1. The molecule has 0 spiro atoms. The zero-order valence-corrected chi connectivity index (χ0v) is 19.0. The van der Waals surface area contributed by atoms with Crippen LogP contribution in [0.5, 0.6) is 5.75 Å². The van der Waals surface area contributed by atoms with Crippen molar-refractivity contribution in [3.8, 4) is 17.0 Å². The molecule has 3 heterocycles. The molecule has 0 saturated heterocycles. The fraction of sp³-hybridized carbons (Fsp3) is 0.400. The first kappa shape index (κ1) is 21.6. The predicted molar refractivity (Wildman–Crippen MR) is 120 cm³/mol. The van der Waals surface area contributed by atoms with E-state index in [1.54, 1.807) is 23.9 Å². The molecular weight excluding hydrogens is 423 g/mol. The molecule has 0 radical (unpaired) electrons. The van der Waals surface area contributed by atoms with Crippen molar-refractivity contribution in [1.82, 2.24) is 19.7 Å². The molecule has 172 valence electrons. The zero-order valence-electron chi connectivity index (χ0n) is 19.0. The molecule has 1 amide bonds. The molecular formula is C25H27FN4O3. The van der Waals surface area contributed by atoms with E-state index in [9.17, 15) is 9.90 Å². The lowest BCUT2D eigenvalue weighted by Crippen LogP contribution is -2.48. The van der Waals surface area contributed by atoms with Crippen molar-refractivity contribution in [3.05, 3.63) is 64.4 Å². The number of rotatable bonds is 4. The van der Waals surface area contributed by atoms with E-state index < -0.39 is 11.9 Å². The maximum Gasteiger partial charge on any atom is 0.260 e. The number of nitrogens with zero attached hydrogens (tertiary/aromatic N) is 4. The fourth-order valence-electron chi connectivity index (χ4n) is 4.90. The lowest BCUT2D eigenvalue weighted by molar-refractivity contribution is 0.0115. The molecule has 2 aliphatic rings. The van der Waals surface area contributed by atoms with E-state index in [-0.39, 0.29) is 30.0 Å². The van der Waals surface area contributed by atoms with Crippen LogP contribution in [-0.4, -0.2) is 49.6 Å². The SMILES string of the molecule is Cc1nn(C)cc1-c1ccc(Cc2cc3c(c(F)c2C)OCN([C@H]2CCC[C@@H]2O)C3=O)cn1. The molecule has 1 N–H and O–H groups in total. The number of carbonyl (C=O) groups excluding carboxylic acids is 1. The van der Waals surface area contributed by atoms with Crippen molar-refractivity contribution in [1.29, 1.82) is 0 Å². The number of aromatic nitrogens is 3. The highest BCUT2D eigenvalue weighted by Crippen LogP contribution is 2.36. The van der Waals surface area contributed by atoms with Crippen LogP contribution in [0.3, 0.4) is 0 Å². The Labute approximate surface area is 191 Å². The maximum atomic E-state index is 15.2. The molecule has 1 saturated carbocycles. The summed E-state index contributed by atoms with van der Waals surface area (Å²) in [5.41, 5.74) is 5.00. The van der Waals surface area contributed by atoms with Gasteiger partial charge in [0.05, 0.1) is 29.1 Å². The monoisotopic (exact) mass is 450 g/mol. The summed E-state index contributed by atoms with van der Waals surface area (Å²) in [6.45, 7) is 3.60. The molecule has 1 aromatic carbocycles. The summed E-state index contributed by atoms with van der Waals surface area (Å²) < 4.78 is 22.6. The molecule has 0 unspecified atom stereocenters. The highest BCUT2D eigenvalue weighted by atomic mass is 19.1. The second-order valence-electron chi connectivity index (χ2n) is 9.00. The number of aliphatic hydroxyl groups excluding tert-OH is 1. The summed E-state index contributed by atoms with van der Waals surface area (Å²) in [4.78, 5) is 19.3. The zero-order chi connectivity index (χ0) is 23.3. The van der Waals surface area contributed by atoms with Crippen molar-refractivity contribution in [3.63, 3.8) is 0 Å². The van der Waals surface area contributed by atoms with Gasteiger partial charge in [0.1, 0.15) is 0 Å². The van der Waals surface area contributed by atoms with Gasteiger partial charge in [-0.1, -0.05) is 6.07 Å². The summed E-state index contributed by atoms with van der Waals surface area (Å²) in [5, 5.41) is 14.6. The molecule has 3 aromatic rings. The molecule has 0 bridgehead atoms. The summed E-state index contributed by atoms with van der Waals surface area (Å²) in [6, 6.07) is 5.33. The van der Waals surface area contributed by atoms with Crippen LogP contribution in [-0.2, 0) is 13.5 Å². The van der Waals surface area contributed by atoms with E-state index in [1.165, 1.54) is 4.90 Å². The number of hydrogen-bond donors (Lipinski definition) is 1. The van der Waals surface area contributed by atoms with Crippen molar-refractivity contribution in [2.75, 3.05) is 6.73 Å². The molecule has 5 rings (SSSR count). The molecule has 33 heavy (non-hydrogen) atoms. The lowest BCUT2D eigenvalue weighted by atomic mass is 9.96. The minimum Gasteiger partial charge on any atom is -0.469 e. The number of ether oxygens (including phenoxy) is 1. The van der Waals surface area contributed by atoms with Crippen LogP contribution in [0.2, 0.25) is 0 Å². The van der Waals surface area contributed by atoms with Crippen LogP contribution in [0.25, 0.3) is 11.3 Å². The van der Waals surface area contributed by atoms with Crippen LogP contribution < -0.4 is 4.74 Å². The Balaban J connectivity index is 1.43. The molecule has 2 atom stereocenters. The number of pyridine rings is 1. The number of halogens is 1. The number of aryl methyl sites for hydroxylation is 2. The van der Waals surface area contributed by atoms with E-state index in [1.807, 2.05) is 32.3 Å². The van der Waals surface area contributed by atoms with E-state index in [0.29, 0.717) is 24.0 Å². The third kappa shape index (κ3) is 3.78. The van der Waals surface area contributed by atoms with Crippen LogP contribution in [0.1, 0.15) is 52.0 Å². The minimum absolute atomic E-state index is 0.00510. The van der Waals surface area contributed by atoms with E-state index in [2.05, 4.69) is 10.1 Å². The van der Waals surface area contributed by atoms with Gasteiger partial charge in [-0.25, -0.2) is 4.39 Å². The molecule has 8 heteroatoms. The smallest absolute Gasteiger partial charge is 0.260 e. The summed E-state index contributed by atoms with van der Waals surface area (Å²) in [6.07, 6.45) is 5.82. The fourth-order valence-corrected chi connectivity index (χ4v) is 4.90. The van der Waals surface area contributed by atoms with Crippen molar-refractivity contribution >= 4 is 5.91 Å². The molecule has 1 fully saturated rings. The maximum absolute atomic E-state index is 15.2. The van der Waals surface area contributed by atoms with Gasteiger partial charge in [-0.3, -0.25) is 19.4 Å². The standard InChI is InChI=1S/C25H27FN4O3/c1-14-17(9-16-7-8-20(27-11-16)19-12-29(3)28-15(19)2)10-18-24(23(14)26)33-13-30(25(18)32)21-5-4-6-22(21)31/h7-8,10-12,21-22,31H,4-6,9,13H2,1-3H3/t21-,22-/m0/s1. The Hall–Kier alpha value is -3.26. The van der Waals surface area contributed by atoms with Gasteiger partial charge in [-0.15, -0.1) is 0 Å². The van der Waals surface area contributed by atoms with Crippen molar-refractivity contribution < 1.29 is 19.0 Å². The van der Waals surface area contributed by atoms with Gasteiger partial charge in [-0.2, -0.15) is 5.10 Å².